The fourth-order valence-corrected chi connectivity index (χ4v) is 5.83. The van der Waals surface area contributed by atoms with Crippen LogP contribution in [0.3, 0.4) is 0 Å². The lowest BCUT2D eigenvalue weighted by Gasteiger charge is -2.59. The molecule has 0 aromatic heterocycles. The SMILES string of the molecule is NC(Cc1cc(F)cc(F)c1)C12CC3CC(CC(C3)C1)C2. The van der Waals surface area contributed by atoms with E-state index in [1.165, 1.54) is 50.7 Å². The van der Waals surface area contributed by atoms with E-state index in [1.807, 2.05) is 0 Å². The molecule has 0 heterocycles. The number of hydrogen-bond acceptors (Lipinski definition) is 1. The zero-order chi connectivity index (χ0) is 14.6. The molecule has 4 saturated carbocycles. The number of nitrogens with two attached hydrogens (primary N) is 1. The molecule has 0 amide bonds. The molecule has 1 atom stereocenters. The van der Waals surface area contributed by atoms with Gasteiger partial charge < -0.3 is 5.73 Å². The summed E-state index contributed by atoms with van der Waals surface area (Å²) in [6.07, 6.45) is 8.47. The van der Waals surface area contributed by atoms with Crippen LogP contribution in [0, 0.1) is 34.8 Å². The van der Waals surface area contributed by atoms with Gasteiger partial charge in [0.15, 0.2) is 0 Å². The first kappa shape index (κ1) is 13.7. The van der Waals surface area contributed by atoms with Crippen molar-refractivity contribution >= 4 is 0 Å². The Kier molecular flexibility index (Phi) is 3.11. The molecule has 4 aliphatic carbocycles. The van der Waals surface area contributed by atoms with Crippen molar-refractivity contribution < 1.29 is 8.78 Å². The van der Waals surface area contributed by atoms with Gasteiger partial charge in [0.05, 0.1) is 0 Å². The Balaban J connectivity index is 1.55. The molecular weight excluding hydrogens is 268 g/mol. The summed E-state index contributed by atoms with van der Waals surface area (Å²) in [5, 5.41) is 0. The molecule has 4 fully saturated rings. The summed E-state index contributed by atoms with van der Waals surface area (Å²) in [7, 11) is 0. The number of halogens is 2. The minimum Gasteiger partial charge on any atom is -0.327 e. The van der Waals surface area contributed by atoms with Crippen LogP contribution in [0.4, 0.5) is 8.78 Å². The molecule has 1 aromatic carbocycles. The summed E-state index contributed by atoms with van der Waals surface area (Å²) in [6, 6.07) is 3.83. The van der Waals surface area contributed by atoms with E-state index >= 15 is 0 Å². The van der Waals surface area contributed by atoms with E-state index < -0.39 is 11.6 Å². The molecule has 4 bridgehead atoms. The van der Waals surface area contributed by atoms with Gasteiger partial charge in [-0.2, -0.15) is 0 Å². The molecule has 3 heteroatoms. The van der Waals surface area contributed by atoms with Gasteiger partial charge >= 0.3 is 0 Å². The van der Waals surface area contributed by atoms with Crippen LogP contribution in [0.1, 0.15) is 44.1 Å². The minimum absolute atomic E-state index is 0.0344. The Labute approximate surface area is 124 Å². The van der Waals surface area contributed by atoms with Gasteiger partial charge in [-0.3, -0.25) is 0 Å². The topological polar surface area (TPSA) is 26.0 Å². The normalized spacial score (nSPS) is 38.7. The lowest BCUT2D eigenvalue weighted by molar-refractivity contribution is -0.0667. The summed E-state index contributed by atoms with van der Waals surface area (Å²) < 4.78 is 26.7. The molecule has 0 radical (unpaired) electrons. The molecule has 2 N–H and O–H groups in total. The van der Waals surface area contributed by atoms with E-state index in [0.717, 1.165) is 23.8 Å². The zero-order valence-corrected chi connectivity index (χ0v) is 12.3. The van der Waals surface area contributed by atoms with Crippen LogP contribution < -0.4 is 5.73 Å². The van der Waals surface area contributed by atoms with Gasteiger partial charge in [0.2, 0.25) is 0 Å². The number of hydrogen-bond donors (Lipinski definition) is 1. The van der Waals surface area contributed by atoms with Gasteiger partial charge in [-0.15, -0.1) is 0 Å². The molecule has 1 nitrogen and oxygen atoms in total. The standard InChI is InChI=1S/C18H23F2N/c19-15-4-11(5-16(20)7-15)6-17(21)18-8-12-1-13(9-18)3-14(2-12)10-18/h4-5,7,12-14,17H,1-3,6,8-10,21H2. The average Bonchev–Trinajstić information content (AvgIpc) is 2.35. The third kappa shape index (κ3) is 2.40. The highest BCUT2D eigenvalue weighted by Crippen LogP contribution is 2.61. The number of rotatable bonds is 3. The Morgan fingerprint density at radius 1 is 0.952 bits per heavy atom. The van der Waals surface area contributed by atoms with Crippen LogP contribution in [0.5, 0.6) is 0 Å². The van der Waals surface area contributed by atoms with Crippen LogP contribution in [0.25, 0.3) is 0 Å². The molecule has 5 rings (SSSR count). The van der Waals surface area contributed by atoms with Crippen LogP contribution >= 0.6 is 0 Å². The van der Waals surface area contributed by atoms with E-state index in [0.29, 0.717) is 12.0 Å². The first-order valence-corrected chi connectivity index (χ1v) is 8.23. The summed E-state index contributed by atoms with van der Waals surface area (Å²) >= 11 is 0. The summed E-state index contributed by atoms with van der Waals surface area (Å²) in [5.41, 5.74) is 7.50. The fourth-order valence-electron chi connectivity index (χ4n) is 5.83. The van der Waals surface area contributed by atoms with E-state index in [4.69, 9.17) is 5.73 Å². The van der Waals surface area contributed by atoms with Gasteiger partial charge in [0.1, 0.15) is 11.6 Å². The highest BCUT2D eigenvalue weighted by Gasteiger charge is 2.53. The molecule has 0 saturated heterocycles. The zero-order valence-electron chi connectivity index (χ0n) is 12.3. The molecule has 4 aliphatic rings. The maximum atomic E-state index is 13.4. The van der Waals surface area contributed by atoms with E-state index in [1.54, 1.807) is 0 Å². The highest BCUT2D eigenvalue weighted by atomic mass is 19.1. The van der Waals surface area contributed by atoms with Crippen LogP contribution in [-0.4, -0.2) is 6.04 Å². The van der Waals surface area contributed by atoms with Gasteiger partial charge in [-0.05, 0) is 85.8 Å². The fraction of sp³-hybridized carbons (Fsp3) is 0.667. The lowest BCUT2D eigenvalue weighted by atomic mass is 9.47. The molecule has 0 aliphatic heterocycles. The predicted molar refractivity (Wildman–Crippen MR) is 78.6 cm³/mol. The molecular formula is C18H23F2N. The maximum Gasteiger partial charge on any atom is 0.126 e. The van der Waals surface area contributed by atoms with Crippen LogP contribution in [0.15, 0.2) is 18.2 Å². The second-order valence-electron chi connectivity index (χ2n) is 7.87. The third-order valence-corrected chi connectivity index (χ3v) is 6.25. The van der Waals surface area contributed by atoms with Gasteiger partial charge in [-0.1, -0.05) is 0 Å². The first-order chi connectivity index (χ1) is 10.0. The third-order valence-electron chi connectivity index (χ3n) is 6.25. The molecule has 0 spiro atoms. The average molecular weight is 291 g/mol. The van der Waals surface area contributed by atoms with E-state index in [9.17, 15) is 8.78 Å². The Bertz CT molecular complexity index is 499. The summed E-state index contributed by atoms with van der Waals surface area (Å²) in [6.45, 7) is 0. The van der Waals surface area contributed by atoms with Gasteiger partial charge in [-0.25, -0.2) is 8.78 Å². The molecule has 114 valence electrons. The van der Waals surface area contributed by atoms with E-state index in [2.05, 4.69) is 0 Å². The first-order valence-electron chi connectivity index (χ1n) is 8.23. The smallest absolute Gasteiger partial charge is 0.126 e. The van der Waals surface area contributed by atoms with Crippen LogP contribution in [0.2, 0.25) is 0 Å². The van der Waals surface area contributed by atoms with E-state index in [-0.39, 0.29) is 11.5 Å². The van der Waals surface area contributed by atoms with Gasteiger partial charge in [0, 0.05) is 12.1 Å². The largest absolute Gasteiger partial charge is 0.327 e. The van der Waals surface area contributed by atoms with Crippen molar-refractivity contribution in [1.82, 2.24) is 0 Å². The quantitative estimate of drug-likeness (QED) is 0.893. The summed E-state index contributed by atoms with van der Waals surface area (Å²) in [4.78, 5) is 0. The van der Waals surface area contributed by atoms with Crippen molar-refractivity contribution in [3.05, 3.63) is 35.4 Å². The van der Waals surface area contributed by atoms with Crippen molar-refractivity contribution in [1.29, 1.82) is 0 Å². The predicted octanol–water partition coefficient (Wildman–Crippen LogP) is 4.05. The van der Waals surface area contributed by atoms with Gasteiger partial charge in [0.25, 0.3) is 0 Å². The maximum absolute atomic E-state index is 13.4. The second-order valence-corrected chi connectivity index (χ2v) is 7.87. The van der Waals surface area contributed by atoms with Crippen LogP contribution in [-0.2, 0) is 6.42 Å². The monoisotopic (exact) mass is 291 g/mol. The Morgan fingerprint density at radius 3 is 1.90 bits per heavy atom. The molecule has 1 aromatic rings. The molecule has 21 heavy (non-hydrogen) atoms. The number of benzene rings is 1. The highest BCUT2D eigenvalue weighted by molar-refractivity contribution is 5.20. The summed E-state index contributed by atoms with van der Waals surface area (Å²) in [5.74, 6) is 1.56. The second kappa shape index (κ2) is 4.77. The van der Waals surface area contributed by atoms with Crippen molar-refractivity contribution in [2.24, 2.45) is 28.9 Å². The van der Waals surface area contributed by atoms with Crippen molar-refractivity contribution in [2.45, 2.75) is 51.0 Å². The Hall–Kier alpha value is -0.960. The van der Waals surface area contributed by atoms with Crippen molar-refractivity contribution in [2.75, 3.05) is 0 Å². The van der Waals surface area contributed by atoms with Crippen molar-refractivity contribution in [3.63, 3.8) is 0 Å². The van der Waals surface area contributed by atoms with Crippen molar-refractivity contribution in [3.8, 4) is 0 Å². The Morgan fingerprint density at radius 2 is 1.43 bits per heavy atom. The lowest BCUT2D eigenvalue weighted by Crippen LogP contribution is -2.55. The minimum atomic E-state index is -0.497. The molecule has 1 unspecified atom stereocenters.